The third kappa shape index (κ3) is 7.38. The molecule has 8 heteroatoms. The van der Waals surface area contributed by atoms with Gasteiger partial charge in [0.15, 0.2) is 0 Å². The first-order valence-electron chi connectivity index (χ1n) is 10.1. The van der Waals surface area contributed by atoms with Crippen LogP contribution in [0.2, 0.25) is 0 Å². The van der Waals surface area contributed by atoms with E-state index in [2.05, 4.69) is 10.6 Å². The van der Waals surface area contributed by atoms with Gasteiger partial charge in [-0.3, -0.25) is 14.4 Å². The fourth-order valence-corrected chi connectivity index (χ4v) is 3.17. The lowest BCUT2D eigenvalue weighted by Gasteiger charge is -2.31. The number of amides is 2. The number of ether oxygens (including phenoxy) is 2. The Morgan fingerprint density at radius 3 is 2.45 bits per heavy atom. The van der Waals surface area contributed by atoms with Crippen LogP contribution in [0.3, 0.4) is 0 Å². The van der Waals surface area contributed by atoms with Crippen LogP contribution >= 0.6 is 0 Å². The number of carbonyl (C=O) groups excluding carboxylic acids is 3. The zero-order valence-electron chi connectivity index (χ0n) is 17.2. The first-order chi connectivity index (χ1) is 14.0. The van der Waals surface area contributed by atoms with Crippen molar-refractivity contribution in [3.05, 3.63) is 29.8 Å². The second kappa shape index (κ2) is 12.1. The number of hydrogen-bond donors (Lipinski definition) is 2. The molecule has 29 heavy (non-hydrogen) atoms. The van der Waals surface area contributed by atoms with Gasteiger partial charge in [-0.05, 0) is 50.5 Å². The average Bonchev–Trinajstić information content (AvgIpc) is 2.75. The summed E-state index contributed by atoms with van der Waals surface area (Å²) in [4.78, 5) is 38.0. The zero-order valence-corrected chi connectivity index (χ0v) is 17.2. The summed E-state index contributed by atoms with van der Waals surface area (Å²) >= 11 is 0. The summed E-state index contributed by atoms with van der Waals surface area (Å²) < 4.78 is 10.0. The molecule has 0 saturated carbocycles. The van der Waals surface area contributed by atoms with Crippen LogP contribution in [0.1, 0.15) is 36.5 Å². The van der Waals surface area contributed by atoms with Crippen molar-refractivity contribution in [2.45, 2.75) is 26.2 Å². The van der Waals surface area contributed by atoms with Gasteiger partial charge < -0.3 is 25.0 Å². The van der Waals surface area contributed by atoms with Gasteiger partial charge in [0.25, 0.3) is 5.91 Å². The first kappa shape index (κ1) is 22.7. The van der Waals surface area contributed by atoms with Crippen LogP contribution in [0.25, 0.3) is 0 Å². The molecule has 0 spiro atoms. The number of methoxy groups -OCH3 is 1. The van der Waals surface area contributed by atoms with Crippen LogP contribution in [0, 0.1) is 5.92 Å². The number of rotatable bonds is 10. The molecule has 2 rings (SSSR count). The molecule has 0 aromatic heterocycles. The quantitative estimate of drug-likeness (QED) is 0.454. The first-order valence-corrected chi connectivity index (χ1v) is 10.1. The molecular formula is C21H31N3O5. The monoisotopic (exact) mass is 405 g/mol. The predicted molar refractivity (Wildman–Crippen MR) is 110 cm³/mol. The number of carbonyl (C=O) groups is 3. The van der Waals surface area contributed by atoms with Crippen molar-refractivity contribution in [2.75, 3.05) is 51.8 Å². The topological polar surface area (TPSA) is 97.0 Å². The van der Waals surface area contributed by atoms with E-state index in [1.54, 1.807) is 43.2 Å². The van der Waals surface area contributed by atoms with Crippen molar-refractivity contribution in [1.82, 2.24) is 10.2 Å². The Kier molecular flexibility index (Phi) is 9.43. The summed E-state index contributed by atoms with van der Waals surface area (Å²) in [6, 6.07) is 7.02. The second-order valence-corrected chi connectivity index (χ2v) is 6.94. The molecular weight excluding hydrogens is 374 g/mol. The Morgan fingerprint density at radius 2 is 1.83 bits per heavy atom. The SMILES string of the molecule is CCOC(=O)C1CCN(C(=O)CNc2ccc(C(=O)NCCCOC)cc2)CC1. The molecule has 160 valence electrons. The highest BCUT2D eigenvalue weighted by Crippen LogP contribution is 2.19. The molecule has 1 aromatic rings. The van der Waals surface area contributed by atoms with Crippen LogP contribution in [0.4, 0.5) is 5.69 Å². The van der Waals surface area contributed by atoms with Crippen LogP contribution < -0.4 is 10.6 Å². The average molecular weight is 405 g/mol. The molecule has 2 amide bonds. The van der Waals surface area contributed by atoms with Crippen molar-refractivity contribution in [2.24, 2.45) is 5.92 Å². The van der Waals surface area contributed by atoms with Gasteiger partial charge in [0.2, 0.25) is 5.91 Å². The Bertz CT molecular complexity index is 669. The van der Waals surface area contributed by atoms with Gasteiger partial charge in [0.1, 0.15) is 0 Å². The van der Waals surface area contributed by atoms with Crippen molar-refractivity contribution in [1.29, 1.82) is 0 Å². The minimum Gasteiger partial charge on any atom is -0.466 e. The molecule has 8 nitrogen and oxygen atoms in total. The maximum absolute atomic E-state index is 12.4. The van der Waals surface area contributed by atoms with E-state index in [0.717, 1.165) is 12.1 Å². The molecule has 2 N–H and O–H groups in total. The highest BCUT2D eigenvalue weighted by atomic mass is 16.5. The Labute approximate surface area is 171 Å². The third-order valence-corrected chi connectivity index (χ3v) is 4.87. The lowest BCUT2D eigenvalue weighted by atomic mass is 9.97. The summed E-state index contributed by atoms with van der Waals surface area (Å²) in [5, 5.41) is 5.92. The number of benzene rings is 1. The van der Waals surface area contributed by atoms with E-state index in [4.69, 9.17) is 9.47 Å². The second-order valence-electron chi connectivity index (χ2n) is 6.94. The van der Waals surface area contributed by atoms with Gasteiger partial charge >= 0.3 is 5.97 Å². The van der Waals surface area contributed by atoms with Gasteiger partial charge in [-0.1, -0.05) is 0 Å². The van der Waals surface area contributed by atoms with E-state index >= 15 is 0 Å². The molecule has 0 radical (unpaired) electrons. The predicted octanol–water partition coefficient (Wildman–Crippen LogP) is 1.67. The fourth-order valence-electron chi connectivity index (χ4n) is 3.17. The summed E-state index contributed by atoms with van der Waals surface area (Å²) in [5.41, 5.74) is 1.34. The molecule has 0 aliphatic carbocycles. The van der Waals surface area contributed by atoms with Crippen molar-refractivity contribution >= 4 is 23.5 Å². The summed E-state index contributed by atoms with van der Waals surface area (Å²) in [7, 11) is 1.63. The molecule has 1 fully saturated rings. The summed E-state index contributed by atoms with van der Waals surface area (Å²) in [6.07, 6.45) is 2.04. The molecule has 0 atom stereocenters. The Morgan fingerprint density at radius 1 is 1.14 bits per heavy atom. The summed E-state index contributed by atoms with van der Waals surface area (Å²) in [5.74, 6) is -0.416. The lowest BCUT2D eigenvalue weighted by Crippen LogP contribution is -2.43. The normalized spacial score (nSPS) is 14.3. The van der Waals surface area contributed by atoms with E-state index in [1.807, 2.05) is 0 Å². The van der Waals surface area contributed by atoms with Crippen LogP contribution in [0.15, 0.2) is 24.3 Å². The maximum Gasteiger partial charge on any atom is 0.309 e. The van der Waals surface area contributed by atoms with E-state index in [1.165, 1.54) is 0 Å². The van der Waals surface area contributed by atoms with E-state index in [0.29, 0.717) is 51.3 Å². The van der Waals surface area contributed by atoms with Gasteiger partial charge in [0.05, 0.1) is 19.1 Å². The van der Waals surface area contributed by atoms with Crippen LogP contribution in [-0.4, -0.2) is 69.2 Å². The molecule has 1 saturated heterocycles. The maximum atomic E-state index is 12.4. The standard InChI is InChI=1S/C21H31N3O5/c1-3-29-21(27)17-9-12-24(13-10-17)19(25)15-23-18-7-5-16(6-8-18)20(26)22-11-4-14-28-2/h5-8,17,23H,3-4,9-15H2,1-2H3,(H,22,26). The highest BCUT2D eigenvalue weighted by molar-refractivity contribution is 5.94. The minimum atomic E-state index is -0.166. The van der Waals surface area contributed by atoms with E-state index in [9.17, 15) is 14.4 Å². The van der Waals surface area contributed by atoms with E-state index in [-0.39, 0.29) is 30.2 Å². The number of anilines is 1. The summed E-state index contributed by atoms with van der Waals surface area (Å²) in [6.45, 7) is 4.65. The Balaban J connectivity index is 1.72. The number of piperidine rings is 1. The Hall–Kier alpha value is -2.61. The largest absolute Gasteiger partial charge is 0.466 e. The molecule has 1 heterocycles. The van der Waals surface area contributed by atoms with Gasteiger partial charge in [-0.15, -0.1) is 0 Å². The number of likely N-dealkylation sites (tertiary alicyclic amines) is 1. The molecule has 0 bridgehead atoms. The van der Waals surface area contributed by atoms with Gasteiger partial charge in [-0.2, -0.15) is 0 Å². The van der Waals surface area contributed by atoms with Gasteiger partial charge in [-0.25, -0.2) is 0 Å². The molecule has 1 aliphatic rings. The van der Waals surface area contributed by atoms with E-state index < -0.39 is 0 Å². The number of nitrogens with one attached hydrogen (secondary N) is 2. The molecule has 1 aliphatic heterocycles. The smallest absolute Gasteiger partial charge is 0.309 e. The van der Waals surface area contributed by atoms with Crippen molar-refractivity contribution in [3.63, 3.8) is 0 Å². The zero-order chi connectivity index (χ0) is 21.1. The van der Waals surface area contributed by atoms with Crippen molar-refractivity contribution in [3.8, 4) is 0 Å². The minimum absolute atomic E-state index is 0.00716. The van der Waals surface area contributed by atoms with Crippen LogP contribution in [-0.2, 0) is 19.1 Å². The number of esters is 1. The lowest BCUT2D eigenvalue weighted by molar-refractivity contribution is -0.151. The number of hydrogen-bond acceptors (Lipinski definition) is 6. The van der Waals surface area contributed by atoms with Crippen molar-refractivity contribution < 1.29 is 23.9 Å². The molecule has 0 unspecified atom stereocenters. The number of nitrogens with zero attached hydrogens (tertiary/aromatic N) is 1. The van der Waals surface area contributed by atoms with Gasteiger partial charge in [0, 0.05) is 44.6 Å². The fraction of sp³-hybridized carbons (Fsp3) is 0.571. The van der Waals surface area contributed by atoms with Crippen LogP contribution in [0.5, 0.6) is 0 Å². The highest BCUT2D eigenvalue weighted by Gasteiger charge is 2.27. The molecule has 1 aromatic carbocycles. The third-order valence-electron chi connectivity index (χ3n) is 4.87.